The van der Waals surface area contributed by atoms with Crippen molar-refractivity contribution in [2.24, 2.45) is 0 Å². The number of rotatable bonds is 0. The molecule has 0 aromatic rings. The Bertz CT molecular complexity index is 159. The van der Waals surface area contributed by atoms with Crippen molar-refractivity contribution >= 4 is 24.8 Å². The van der Waals surface area contributed by atoms with E-state index in [1.807, 2.05) is 0 Å². The van der Waals surface area contributed by atoms with Crippen LogP contribution in [0.25, 0.3) is 0 Å². The topological polar surface area (TPSA) is 0 Å². The van der Waals surface area contributed by atoms with E-state index in [9.17, 15) is 0 Å². The average molecular weight is 257 g/mol. The first-order valence-electron chi connectivity index (χ1n) is 2.74. The number of halogens is 2. The quantitative estimate of drug-likeness (QED) is 0.625. The Balaban J connectivity index is 0. The van der Waals surface area contributed by atoms with Crippen molar-refractivity contribution < 1.29 is 24.7 Å². The van der Waals surface area contributed by atoms with Crippen LogP contribution in [0.3, 0.4) is 0 Å². The van der Waals surface area contributed by atoms with Crippen molar-refractivity contribution in [3.8, 4) is 0 Å². The number of allylic oxidation sites excluding steroid dienone is 4. The first kappa shape index (κ1) is 13.5. The maximum Gasteiger partial charge on any atom is -0.147 e. The van der Waals surface area contributed by atoms with E-state index in [1.165, 1.54) is 5.57 Å². The maximum atomic E-state index is 2.26. The zero-order valence-electron chi connectivity index (χ0n) is 6.05. The van der Waals surface area contributed by atoms with Crippen LogP contribution in [0.2, 0.25) is 3.12 Å². The van der Waals surface area contributed by atoms with Crippen molar-refractivity contribution in [1.82, 2.24) is 0 Å². The summed E-state index contributed by atoms with van der Waals surface area (Å²) in [6.07, 6.45) is 6.60. The van der Waals surface area contributed by atoms with E-state index in [0.29, 0.717) is 3.12 Å². The molecule has 0 radical (unpaired) electrons. The fourth-order valence-corrected chi connectivity index (χ4v) is 1.13. The summed E-state index contributed by atoms with van der Waals surface area (Å²) in [5.74, 6) is 0. The predicted molar refractivity (Wildman–Crippen MR) is 45.8 cm³/mol. The molecule has 0 saturated carbocycles. The molecular formula is C7H11Cl2Zr. The summed E-state index contributed by atoms with van der Waals surface area (Å²) in [6, 6.07) is 0. The fourth-order valence-electron chi connectivity index (χ4n) is 0.689. The van der Waals surface area contributed by atoms with Crippen molar-refractivity contribution in [3.05, 3.63) is 23.8 Å². The van der Waals surface area contributed by atoms with Crippen LogP contribution in [0, 0.1) is 0 Å². The van der Waals surface area contributed by atoms with Crippen molar-refractivity contribution in [2.45, 2.75) is 17.0 Å². The Morgan fingerprint density at radius 1 is 1.40 bits per heavy atom. The van der Waals surface area contributed by atoms with Gasteiger partial charge in [0, 0.05) is 0 Å². The van der Waals surface area contributed by atoms with Crippen LogP contribution < -0.4 is 0 Å². The SMILES string of the molecule is CC1=CC=C[C]1(C)[Zr].Cl.Cl. The van der Waals surface area contributed by atoms with Crippen molar-refractivity contribution in [3.63, 3.8) is 0 Å². The first-order chi connectivity index (χ1) is 3.63. The maximum absolute atomic E-state index is 2.26. The Labute approximate surface area is 89.8 Å². The monoisotopic (exact) mass is 255 g/mol. The third kappa shape index (κ3) is 2.90. The molecule has 1 rings (SSSR count). The molecule has 0 amide bonds. The predicted octanol–water partition coefficient (Wildman–Crippen LogP) is 3.07. The summed E-state index contributed by atoms with van der Waals surface area (Å²) in [7, 11) is 0. The van der Waals surface area contributed by atoms with Crippen molar-refractivity contribution in [2.75, 3.05) is 0 Å². The van der Waals surface area contributed by atoms with E-state index in [1.54, 1.807) is 24.7 Å². The van der Waals surface area contributed by atoms with Gasteiger partial charge < -0.3 is 0 Å². The Kier molecular flexibility index (Phi) is 6.42. The minimum Gasteiger partial charge on any atom is -0.147 e. The average Bonchev–Trinajstić information content (AvgIpc) is 1.86. The summed E-state index contributed by atoms with van der Waals surface area (Å²) >= 11 is 1.59. The second-order valence-corrected chi connectivity index (χ2v) is 4.96. The van der Waals surface area contributed by atoms with E-state index in [2.05, 4.69) is 32.1 Å². The second kappa shape index (κ2) is 4.75. The third-order valence-corrected chi connectivity index (χ3v) is 2.97. The standard InChI is InChI=1S/C7H9.2ClH.Zr/c1-6-4-3-5-7(6)2;;;/h3-5H,1-2H3;2*1H;. The van der Waals surface area contributed by atoms with E-state index < -0.39 is 0 Å². The van der Waals surface area contributed by atoms with Gasteiger partial charge in [-0.25, -0.2) is 0 Å². The molecule has 3 heteroatoms. The molecule has 0 N–H and O–H groups in total. The number of hydrogen-bond donors (Lipinski definition) is 0. The van der Waals surface area contributed by atoms with Crippen LogP contribution in [0.4, 0.5) is 0 Å². The summed E-state index contributed by atoms with van der Waals surface area (Å²) < 4.78 is 0.423. The summed E-state index contributed by atoms with van der Waals surface area (Å²) in [5, 5.41) is 0. The van der Waals surface area contributed by atoms with Crippen LogP contribution in [-0.4, -0.2) is 0 Å². The Hall–Kier alpha value is 0.943. The minimum atomic E-state index is 0. The molecule has 0 aromatic heterocycles. The van der Waals surface area contributed by atoms with Gasteiger partial charge in [-0.2, -0.15) is 0 Å². The fraction of sp³-hybridized carbons (Fsp3) is 0.429. The molecule has 0 aliphatic heterocycles. The molecule has 1 atom stereocenters. The van der Waals surface area contributed by atoms with Crippen LogP contribution in [-0.2, 0) is 24.7 Å². The molecular weight excluding hydrogens is 246 g/mol. The zero-order chi connectivity index (χ0) is 6.20. The van der Waals surface area contributed by atoms with E-state index in [4.69, 9.17) is 0 Å². The van der Waals surface area contributed by atoms with Gasteiger partial charge in [0.05, 0.1) is 0 Å². The van der Waals surface area contributed by atoms with Crippen LogP contribution in [0.1, 0.15) is 13.8 Å². The molecule has 0 fully saturated rings. The molecule has 0 spiro atoms. The molecule has 0 bridgehead atoms. The van der Waals surface area contributed by atoms with Gasteiger partial charge in [0.1, 0.15) is 0 Å². The van der Waals surface area contributed by atoms with Gasteiger partial charge in [0.15, 0.2) is 0 Å². The molecule has 0 nitrogen and oxygen atoms in total. The minimum absolute atomic E-state index is 0. The second-order valence-electron chi connectivity index (χ2n) is 2.41. The normalized spacial score (nSPS) is 28.3. The van der Waals surface area contributed by atoms with Gasteiger partial charge >= 0.3 is 65.5 Å². The number of hydrogen-bond acceptors (Lipinski definition) is 0. The van der Waals surface area contributed by atoms with Gasteiger partial charge in [-0.1, -0.05) is 0 Å². The largest absolute Gasteiger partial charge is 0.147 e. The molecule has 1 aliphatic rings. The van der Waals surface area contributed by atoms with Gasteiger partial charge in [0.2, 0.25) is 0 Å². The first-order valence-corrected chi connectivity index (χ1v) is 3.97. The third-order valence-electron chi connectivity index (χ3n) is 1.59. The van der Waals surface area contributed by atoms with Gasteiger partial charge in [-0.05, 0) is 0 Å². The molecule has 0 aromatic carbocycles. The molecule has 10 heavy (non-hydrogen) atoms. The van der Waals surface area contributed by atoms with Crippen LogP contribution in [0.5, 0.6) is 0 Å². The van der Waals surface area contributed by atoms with E-state index >= 15 is 0 Å². The molecule has 0 saturated heterocycles. The van der Waals surface area contributed by atoms with Crippen LogP contribution >= 0.6 is 24.8 Å². The smallest absolute Gasteiger partial charge is 0.147 e. The van der Waals surface area contributed by atoms with Gasteiger partial charge in [-0.3, -0.25) is 0 Å². The summed E-state index contributed by atoms with van der Waals surface area (Å²) in [5.41, 5.74) is 1.50. The van der Waals surface area contributed by atoms with E-state index in [0.717, 1.165) is 0 Å². The Morgan fingerprint density at radius 2 is 1.90 bits per heavy atom. The summed E-state index contributed by atoms with van der Waals surface area (Å²) in [6.45, 7) is 4.45. The van der Waals surface area contributed by atoms with E-state index in [-0.39, 0.29) is 24.8 Å². The van der Waals surface area contributed by atoms with Crippen LogP contribution in [0.15, 0.2) is 23.8 Å². The van der Waals surface area contributed by atoms with Gasteiger partial charge in [0.25, 0.3) is 0 Å². The Morgan fingerprint density at radius 3 is 2.00 bits per heavy atom. The molecule has 1 aliphatic carbocycles. The molecule has 1 unspecified atom stereocenters. The molecule has 0 heterocycles. The van der Waals surface area contributed by atoms with Crippen molar-refractivity contribution in [1.29, 1.82) is 0 Å². The van der Waals surface area contributed by atoms with Gasteiger partial charge in [-0.15, -0.1) is 24.8 Å². The zero-order valence-corrected chi connectivity index (χ0v) is 10.1. The summed E-state index contributed by atoms with van der Waals surface area (Å²) in [4.78, 5) is 0. The molecule has 57 valence electrons.